The van der Waals surface area contributed by atoms with Crippen LogP contribution in [0.3, 0.4) is 0 Å². The molecule has 1 amide bonds. The molecular formula is C23H21F2N3O3S2. The van der Waals surface area contributed by atoms with Crippen LogP contribution in [0.4, 0.5) is 13.9 Å². The van der Waals surface area contributed by atoms with Gasteiger partial charge >= 0.3 is 0 Å². The zero-order chi connectivity index (χ0) is 23.2. The van der Waals surface area contributed by atoms with Crippen molar-refractivity contribution in [2.45, 2.75) is 48.2 Å². The van der Waals surface area contributed by atoms with Crippen LogP contribution in [0.5, 0.6) is 0 Å². The third-order valence-electron chi connectivity index (χ3n) is 5.94. The maximum atomic E-state index is 13.8. The SMILES string of the molecule is O=C(Nc1nc2cccnc2s1)C(=CC1C[C@@H](F)[C@@H](F)C1)c1ccc(S(=O)(=O)C2CC2)cc1. The van der Waals surface area contributed by atoms with E-state index in [1.807, 2.05) is 0 Å². The van der Waals surface area contributed by atoms with E-state index < -0.39 is 34.0 Å². The minimum absolute atomic E-state index is 0.00283. The molecule has 0 aliphatic heterocycles. The number of carbonyl (C=O) groups excluding carboxylic acids is 1. The summed E-state index contributed by atoms with van der Waals surface area (Å²) in [6, 6.07) is 9.63. The second kappa shape index (κ2) is 8.57. The summed E-state index contributed by atoms with van der Waals surface area (Å²) in [6.45, 7) is 0. The number of amides is 1. The van der Waals surface area contributed by atoms with Crippen LogP contribution in [-0.2, 0) is 14.6 Å². The molecule has 3 atom stereocenters. The molecule has 1 unspecified atom stereocenters. The molecule has 2 aromatic heterocycles. The predicted molar refractivity (Wildman–Crippen MR) is 123 cm³/mol. The number of allylic oxidation sites excluding steroid dienone is 1. The van der Waals surface area contributed by atoms with Gasteiger partial charge < -0.3 is 0 Å². The Bertz CT molecular complexity index is 1290. The van der Waals surface area contributed by atoms with Crippen molar-refractivity contribution in [2.24, 2.45) is 5.92 Å². The van der Waals surface area contributed by atoms with Crippen molar-refractivity contribution in [3.8, 4) is 0 Å². The van der Waals surface area contributed by atoms with Crippen LogP contribution in [0.15, 0.2) is 53.6 Å². The molecule has 3 aromatic rings. The number of benzene rings is 1. The predicted octanol–water partition coefficient (Wildman–Crippen LogP) is 4.74. The van der Waals surface area contributed by atoms with Crippen molar-refractivity contribution >= 4 is 48.1 Å². The molecular weight excluding hydrogens is 468 g/mol. The number of fused-ring (bicyclic) bond motifs is 1. The number of nitrogens with one attached hydrogen (secondary N) is 1. The monoisotopic (exact) mass is 489 g/mol. The minimum atomic E-state index is -3.36. The van der Waals surface area contributed by atoms with E-state index in [-0.39, 0.29) is 28.6 Å². The maximum Gasteiger partial charge on any atom is 0.257 e. The molecule has 1 aromatic carbocycles. The number of rotatable bonds is 6. The summed E-state index contributed by atoms with van der Waals surface area (Å²) in [4.78, 5) is 22.6. The number of hydrogen-bond acceptors (Lipinski definition) is 6. The summed E-state index contributed by atoms with van der Waals surface area (Å²) in [7, 11) is -3.36. The Morgan fingerprint density at radius 3 is 2.42 bits per heavy atom. The number of sulfone groups is 1. The van der Waals surface area contributed by atoms with Crippen LogP contribution < -0.4 is 5.32 Å². The van der Waals surface area contributed by atoms with E-state index in [1.54, 1.807) is 36.5 Å². The zero-order valence-corrected chi connectivity index (χ0v) is 19.1. The standard InChI is InChI=1S/C23H21F2N3O3S2/c24-18-11-13(12-19(18)25)10-17(14-3-5-15(6-4-14)33(30,31)16-7-8-16)21(29)28-23-27-20-2-1-9-26-22(20)32-23/h1-6,9-10,13,16,18-19H,7-8,11-12H2,(H,27,28,29)/t13?,18-,19+. The maximum absolute atomic E-state index is 13.8. The summed E-state index contributed by atoms with van der Waals surface area (Å²) in [5.41, 5.74) is 1.34. The first-order valence-electron chi connectivity index (χ1n) is 10.7. The molecule has 1 N–H and O–H groups in total. The molecule has 2 aliphatic carbocycles. The van der Waals surface area contributed by atoms with Gasteiger partial charge in [-0.1, -0.05) is 29.5 Å². The Balaban J connectivity index is 1.45. The molecule has 2 heterocycles. The second-order valence-electron chi connectivity index (χ2n) is 8.41. The van der Waals surface area contributed by atoms with Crippen LogP contribution in [0.2, 0.25) is 0 Å². The largest absolute Gasteiger partial charge is 0.298 e. The Kier molecular flexibility index (Phi) is 5.74. The molecule has 0 spiro atoms. The van der Waals surface area contributed by atoms with Crippen molar-refractivity contribution in [1.29, 1.82) is 0 Å². The molecule has 10 heteroatoms. The van der Waals surface area contributed by atoms with Crippen LogP contribution in [-0.4, -0.2) is 41.9 Å². The van der Waals surface area contributed by atoms with Gasteiger partial charge in [-0.15, -0.1) is 0 Å². The Morgan fingerprint density at radius 1 is 1.09 bits per heavy atom. The summed E-state index contributed by atoms with van der Waals surface area (Å²) >= 11 is 1.22. The first kappa shape index (κ1) is 22.1. The highest BCUT2D eigenvalue weighted by atomic mass is 32.2. The van der Waals surface area contributed by atoms with E-state index in [1.165, 1.54) is 23.5 Å². The second-order valence-corrected chi connectivity index (χ2v) is 11.6. The van der Waals surface area contributed by atoms with Gasteiger partial charge in [-0.2, -0.15) is 0 Å². The number of alkyl halides is 2. The third kappa shape index (κ3) is 4.54. The third-order valence-corrected chi connectivity index (χ3v) is 9.11. The quantitative estimate of drug-likeness (QED) is 0.506. The fraction of sp³-hybridized carbons (Fsp3) is 0.348. The van der Waals surface area contributed by atoms with Crippen LogP contribution in [0.1, 0.15) is 31.2 Å². The topological polar surface area (TPSA) is 89.0 Å². The number of aromatic nitrogens is 2. The molecule has 5 rings (SSSR count). The smallest absolute Gasteiger partial charge is 0.257 e. The molecule has 2 saturated carbocycles. The lowest BCUT2D eigenvalue weighted by Gasteiger charge is -2.12. The number of carbonyl (C=O) groups is 1. The number of nitrogens with zero attached hydrogens (tertiary/aromatic N) is 2. The van der Waals surface area contributed by atoms with E-state index in [0.29, 0.717) is 33.9 Å². The van der Waals surface area contributed by atoms with Gasteiger partial charge in [-0.05, 0) is 61.4 Å². The normalized spacial score (nSPS) is 23.7. The van der Waals surface area contributed by atoms with Crippen molar-refractivity contribution in [2.75, 3.05) is 5.32 Å². The number of halogens is 2. The summed E-state index contributed by atoms with van der Waals surface area (Å²) < 4.78 is 52.5. The summed E-state index contributed by atoms with van der Waals surface area (Å²) in [5.74, 6) is -0.924. The molecule has 0 radical (unpaired) electrons. The van der Waals surface area contributed by atoms with E-state index in [2.05, 4.69) is 15.3 Å². The van der Waals surface area contributed by atoms with Crippen molar-refractivity contribution in [3.05, 3.63) is 54.2 Å². The Morgan fingerprint density at radius 2 is 1.79 bits per heavy atom. The van der Waals surface area contributed by atoms with Crippen molar-refractivity contribution in [1.82, 2.24) is 9.97 Å². The van der Waals surface area contributed by atoms with Crippen molar-refractivity contribution < 1.29 is 22.0 Å². The Labute approximate surface area is 193 Å². The van der Waals surface area contributed by atoms with Gasteiger partial charge in [0.15, 0.2) is 15.0 Å². The molecule has 2 fully saturated rings. The molecule has 172 valence electrons. The lowest BCUT2D eigenvalue weighted by atomic mass is 9.98. The highest BCUT2D eigenvalue weighted by Gasteiger charge is 2.37. The van der Waals surface area contributed by atoms with Gasteiger partial charge in [-0.3, -0.25) is 10.1 Å². The average molecular weight is 490 g/mol. The lowest BCUT2D eigenvalue weighted by Crippen LogP contribution is -2.15. The van der Waals surface area contributed by atoms with Gasteiger partial charge in [0.05, 0.1) is 10.1 Å². The fourth-order valence-corrected chi connectivity index (χ4v) is 6.49. The van der Waals surface area contributed by atoms with Crippen molar-refractivity contribution in [3.63, 3.8) is 0 Å². The first-order valence-corrected chi connectivity index (χ1v) is 13.0. The van der Waals surface area contributed by atoms with Crippen LogP contribution in [0.25, 0.3) is 15.9 Å². The molecule has 0 saturated heterocycles. The van der Waals surface area contributed by atoms with Crippen LogP contribution in [0, 0.1) is 5.92 Å². The highest BCUT2D eigenvalue weighted by Crippen LogP contribution is 2.36. The number of hydrogen-bond donors (Lipinski definition) is 1. The van der Waals surface area contributed by atoms with Gasteiger partial charge in [0.1, 0.15) is 22.7 Å². The van der Waals surface area contributed by atoms with E-state index in [9.17, 15) is 22.0 Å². The minimum Gasteiger partial charge on any atom is -0.298 e. The lowest BCUT2D eigenvalue weighted by molar-refractivity contribution is -0.111. The Hall–Kier alpha value is -2.72. The highest BCUT2D eigenvalue weighted by molar-refractivity contribution is 7.92. The van der Waals surface area contributed by atoms with E-state index in [0.717, 1.165) is 0 Å². The average Bonchev–Trinajstić information content (AvgIpc) is 3.51. The van der Waals surface area contributed by atoms with Gasteiger partial charge in [0, 0.05) is 11.8 Å². The zero-order valence-electron chi connectivity index (χ0n) is 17.4. The summed E-state index contributed by atoms with van der Waals surface area (Å²) in [5, 5.41) is 2.77. The first-order chi connectivity index (χ1) is 15.8. The molecule has 33 heavy (non-hydrogen) atoms. The van der Waals surface area contributed by atoms with Gasteiger partial charge in [-0.25, -0.2) is 27.2 Å². The molecule has 0 bridgehead atoms. The number of anilines is 1. The molecule has 2 aliphatic rings. The van der Waals surface area contributed by atoms with E-state index in [4.69, 9.17) is 0 Å². The number of pyridine rings is 1. The fourth-order valence-electron chi connectivity index (χ4n) is 4.03. The van der Waals surface area contributed by atoms with E-state index >= 15 is 0 Å². The molecule has 6 nitrogen and oxygen atoms in total. The van der Waals surface area contributed by atoms with Gasteiger partial charge in [0.2, 0.25) is 0 Å². The van der Waals surface area contributed by atoms with Crippen LogP contribution >= 0.6 is 11.3 Å². The summed E-state index contributed by atoms with van der Waals surface area (Å²) in [6.07, 6.45) is 1.41. The van der Waals surface area contributed by atoms with Gasteiger partial charge in [0.25, 0.3) is 5.91 Å². The number of thiazole rings is 1.